The van der Waals surface area contributed by atoms with Crippen LogP contribution < -0.4 is 15.8 Å². The summed E-state index contributed by atoms with van der Waals surface area (Å²) in [5.41, 5.74) is 0.569. The first-order chi connectivity index (χ1) is 11.8. The number of carbonyl (C=O) groups excluding carboxylic acids is 1. The van der Waals surface area contributed by atoms with Gasteiger partial charge in [0.25, 0.3) is 5.91 Å². The van der Waals surface area contributed by atoms with Gasteiger partial charge >= 0.3 is 0 Å². The molecule has 0 atom stereocenters. The number of sulfonamides is 1. The van der Waals surface area contributed by atoms with Crippen LogP contribution in [0.25, 0.3) is 0 Å². The van der Waals surface area contributed by atoms with E-state index < -0.39 is 21.7 Å². The SMILES string of the molecule is N#C/C(=C/Nc1ccc(F)cc1)C(=O)Nc1ccc(S(N)(=O)=O)cc1. The van der Waals surface area contributed by atoms with Gasteiger partial charge in [0.1, 0.15) is 17.5 Å². The van der Waals surface area contributed by atoms with Crippen LogP contribution in [0.3, 0.4) is 0 Å². The number of halogens is 1. The van der Waals surface area contributed by atoms with Crippen molar-refractivity contribution in [3.8, 4) is 6.07 Å². The minimum absolute atomic E-state index is 0.0977. The van der Waals surface area contributed by atoms with Crippen molar-refractivity contribution >= 4 is 27.3 Å². The Labute approximate surface area is 143 Å². The number of benzene rings is 2. The molecule has 0 aliphatic heterocycles. The molecule has 0 heterocycles. The van der Waals surface area contributed by atoms with Gasteiger partial charge in [0.05, 0.1) is 4.90 Å². The van der Waals surface area contributed by atoms with Crippen molar-refractivity contribution in [2.75, 3.05) is 10.6 Å². The Bertz CT molecular complexity index is 946. The van der Waals surface area contributed by atoms with Crippen molar-refractivity contribution in [2.24, 2.45) is 5.14 Å². The van der Waals surface area contributed by atoms with Gasteiger partial charge in [-0.1, -0.05) is 0 Å². The molecule has 9 heteroatoms. The molecular weight excluding hydrogens is 347 g/mol. The molecular formula is C16H13FN4O3S. The van der Waals surface area contributed by atoms with Crippen LogP contribution in [-0.4, -0.2) is 14.3 Å². The quantitative estimate of drug-likeness (QED) is 0.555. The summed E-state index contributed by atoms with van der Waals surface area (Å²) in [6.45, 7) is 0. The van der Waals surface area contributed by atoms with Gasteiger partial charge in [-0.25, -0.2) is 17.9 Å². The molecule has 0 aliphatic carbocycles. The summed E-state index contributed by atoms with van der Waals surface area (Å²) in [4.78, 5) is 12.0. The molecule has 0 saturated carbocycles. The summed E-state index contributed by atoms with van der Waals surface area (Å²) in [6, 6.07) is 12.3. The average molecular weight is 360 g/mol. The molecule has 2 rings (SSSR count). The van der Waals surface area contributed by atoms with Gasteiger partial charge in [-0.05, 0) is 48.5 Å². The van der Waals surface area contributed by atoms with Crippen molar-refractivity contribution in [2.45, 2.75) is 4.90 Å². The molecule has 128 valence electrons. The third-order valence-electron chi connectivity index (χ3n) is 3.03. The normalized spacial score (nSPS) is 11.5. The lowest BCUT2D eigenvalue weighted by Gasteiger charge is -2.06. The largest absolute Gasteiger partial charge is 0.360 e. The number of nitriles is 1. The molecule has 1 amide bonds. The van der Waals surface area contributed by atoms with Crippen LogP contribution in [0.15, 0.2) is 65.2 Å². The summed E-state index contributed by atoms with van der Waals surface area (Å²) >= 11 is 0. The van der Waals surface area contributed by atoms with Crippen molar-refractivity contribution < 1.29 is 17.6 Å². The van der Waals surface area contributed by atoms with E-state index in [0.29, 0.717) is 11.4 Å². The average Bonchev–Trinajstić information content (AvgIpc) is 2.56. The van der Waals surface area contributed by atoms with Gasteiger partial charge in [0, 0.05) is 17.6 Å². The number of rotatable bonds is 5. The number of primary sulfonamides is 1. The molecule has 0 unspecified atom stereocenters. The highest BCUT2D eigenvalue weighted by Crippen LogP contribution is 2.14. The zero-order chi connectivity index (χ0) is 18.4. The fourth-order valence-electron chi connectivity index (χ4n) is 1.78. The molecule has 0 radical (unpaired) electrons. The Kier molecular flexibility index (Phi) is 5.49. The number of nitrogens with one attached hydrogen (secondary N) is 2. The second-order valence-electron chi connectivity index (χ2n) is 4.84. The Morgan fingerprint density at radius 3 is 2.16 bits per heavy atom. The molecule has 0 aromatic heterocycles. The molecule has 2 aromatic rings. The first-order valence-corrected chi connectivity index (χ1v) is 8.41. The molecule has 7 nitrogen and oxygen atoms in total. The fraction of sp³-hybridized carbons (Fsp3) is 0. The summed E-state index contributed by atoms with van der Waals surface area (Å²) in [5, 5.41) is 19.2. The van der Waals surface area contributed by atoms with Crippen LogP contribution >= 0.6 is 0 Å². The molecule has 0 saturated heterocycles. The minimum Gasteiger partial charge on any atom is -0.360 e. The summed E-state index contributed by atoms with van der Waals surface area (Å²) in [6.07, 6.45) is 1.18. The summed E-state index contributed by atoms with van der Waals surface area (Å²) in [5.74, 6) is -1.10. The Balaban J connectivity index is 2.08. The third-order valence-corrected chi connectivity index (χ3v) is 3.96. The van der Waals surface area contributed by atoms with Crippen molar-refractivity contribution in [1.29, 1.82) is 5.26 Å². The third kappa shape index (κ3) is 5.13. The van der Waals surface area contributed by atoms with Crippen LogP contribution in [0.1, 0.15) is 0 Å². The molecule has 2 aromatic carbocycles. The summed E-state index contributed by atoms with van der Waals surface area (Å²) in [7, 11) is -3.82. The lowest BCUT2D eigenvalue weighted by Crippen LogP contribution is -2.15. The number of hydrogen-bond acceptors (Lipinski definition) is 5. The van der Waals surface area contributed by atoms with Gasteiger partial charge in [-0.15, -0.1) is 0 Å². The second-order valence-corrected chi connectivity index (χ2v) is 6.41. The van der Waals surface area contributed by atoms with E-state index >= 15 is 0 Å². The molecule has 25 heavy (non-hydrogen) atoms. The van der Waals surface area contributed by atoms with Gasteiger partial charge in [-0.3, -0.25) is 4.79 Å². The lowest BCUT2D eigenvalue weighted by atomic mass is 10.2. The maximum atomic E-state index is 12.8. The van der Waals surface area contributed by atoms with Crippen LogP contribution in [0, 0.1) is 17.1 Å². The van der Waals surface area contributed by atoms with Gasteiger partial charge in [0.2, 0.25) is 10.0 Å². The molecule has 0 bridgehead atoms. The predicted octanol–water partition coefficient (Wildman–Crippen LogP) is 1.93. The minimum atomic E-state index is -3.82. The lowest BCUT2D eigenvalue weighted by molar-refractivity contribution is -0.112. The van der Waals surface area contributed by atoms with Crippen LogP contribution in [0.4, 0.5) is 15.8 Å². The van der Waals surface area contributed by atoms with E-state index in [-0.39, 0.29) is 10.5 Å². The molecule has 0 fully saturated rings. The maximum Gasteiger partial charge on any atom is 0.267 e. The first kappa shape index (κ1) is 18.1. The molecule has 0 spiro atoms. The zero-order valence-electron chi connectivity index (χ0n) is 12.7. The number of anilines is 2. The monoisotopic (exact) mass is 360 g/mol. The number of nitrogens with zero attached hydrogens (tertiary/aromatic N) is 1. The van der Waals surface area contributed by atoms with E-state index in [1.807, 2.05) is 0 Å². The van der Waals surface area contributed by atoms with E-state index in [1.54, 1.807) is 6.07 Å². The topological polar surface area (TPSA) is 125 Å². The van der Waals surface area contributed by atoms with E-state index in [9.17, 15) is 17.6 Å². The van der Waals surface area contributed by atoms with Crippen molar-refractivity contribution in [3.05, 3.63) is 66.1 Å². The Morgan fingerprint density at radius 2 is 1.64 bits per heavy atom. The first-order valence-electron chi connectivity index (χ1n) is 6.86. The Morgan fingerprint density at radius 1 is 1.08 bits per heavy atom. The smallest absolute Gasteiger partial charge is 0.267 e. The van der Waals surface area contributed by atoms with Crippen molar-refractivity contribution in [3.63, 3.8) is 0 Å². The van der Waals surface area contributed by atoms with Gasteiger partial charge in [0.15, 0.2) is 0 Å². The second kappa shape index (κ2) is 7.57. The van der Waals surface area contributed by atoms with Gasteiger partial charge < -0.3 is 10.6 Å². The Hall–Kier alpha value is -3.22. The number of carbonyl (C=O) groups is 1. The van der Waals surface area contributed by atoms with Crippen LogP contribution in [-0.2, 0) is 14.8 Å². The number of nitrogens with two attached hydrogens (primary N) is 1. The van der Waals surface area contributed by atoms with Crippen LogP contribution in [0.5, 0.6) is 0 Å². The number of hydrogen-bond donors (Lipinski definition) is 3. The van der Waals surface area contributed by atoms with Crippen LogP contribution in [0.2, 0.25) is 0 Å². The highest BCUT2D eigenvalue weighted by Gasteiger charge is 2.11. The van der Waals surface area contributed by atoms with Gasteiger partial charge in [-0.2, -0.15) is 5.26 Å². The predicted molar refractivity (Wildman–Crippen MR) is 90.2 cm³/mol. The van der Waals surface area contributed by atoms with E-state index in [1.165, 1.54) is 54.7 Å². The van der Waals surface area contributed by atoms with E-state index in [2.05, 4.69) is 10.6 Å². The highest BCUT2D eigenvalue weighted by atomic mass is 32.2. The zero-order valence-corrected chi connectivity index (χ0v) is 13.5. The van der Waals surface area contributed by atoms with Crippen molar-refractivity contribution in [1.82, 2.24) is 0 Å². The number of amides is 1. The van der Waals surface area contributed by atoms with E-state index in [0.717, 1.165) is 0 Å². The summed E-state index contributed by atoms with van der Waals surface area (Å²) < 4.78 is 35.2. The maximum absolute atomic E-state index is 12.8. The van der Waals surface area contributed by atoms with E-state index in [4.69, 9.17) is 10.4 Å². The molecule has 0 aliphatic rings. The fourth-order valence-corrected chi connectivity index (χ4v) is 2.29. The standard InChI is InChI=1S/C16H13FN4O3S/c17-12-1-3-13(4-2-12)20-10-11(9-18)16(22)21-14-5-7-15(8-6-14)25(19,23)24/h1-8,10,20H,(H,21,22)(H2,19,23,24)/b11-10-. The highest BCUT2D eigenvalue weighted by molar-refractivity contribution is 7.89. The molecule has 4 N–H and O–H groups in total.